The Morgan fingerprint density at radius 2 is 2.50 bits per heavy atom. The topological polar surface area (TPSA) is 62.0 Å². The highest BCUT2D eigenvalue weighted by molar-refractivity contribution is 5.66. The van der Waals surface area contributed by atoms with Crippen LogP contribution in [0.25, 0.3) is 0 Å². The van der Waals surface area contributed by atoms with E-state index in [1.807, 2.05) is 0 Å². The van der Waals surface area contributed by atoms with Crippen LogP contribution in [-0.4, -0.2) is 23.7 Å². The molecule has 0 amide bonds. The smallest absolute Gasteiger partial charge is 0.303 e. The summed E-state index contributed by atoms with van der Waals surface area (Å²) in [7, 11) is 0. The first-order valence-corrected chi connectivity index (χ1v) is 3.37. The first-order valence-electron chi connectivity index (χ1n) is 3.37. The van der Waals surface area contributed by atoms with Gasteiger partial charge in [0, 0.05) is 6.42 Å². The number of hydrogen-bond acceptors (Lipinski definition) is 3. The van der Waals surface area contributed by atoms with Crippen molar-refractivity contribution in [1.29, 1.82) is 0 Å². The average molecular weight is 142 g/mol. The highest BCUT2D eigenvalue weighted by Gasteiger charge is 2.12. The number of carboxylic acid groups (broad SMARTS) is 1. The molecule has 1 aliphatic rings. The minimum atomic E-state index is -0.748. The van der Waals surface area contributed by atoms with Crippen molar-refractivity contribution >= 4 is 5.97 Å². The first-order chi connectivity index (χ1) is 4.79. The normalized spacial score (nSPS) is 23.4. The van der Waals surface area contributed by atoms with E-state index in [-0.39, 0.29) is 12.5 Å². The SMILES string of the molecule is O=C(O)CCC1CCN=N1. The van der Waals surface area contributed by atoms with Crippen molar-refractivity contribution in [2.24, 2.45) is 10.2 Å². The second kappa shape index (κ2) is 3.29. The van der Waals surface area contributed by atoms with Gasteiger partial charge in [-0.15, -0.1) is 0 Å². The zero-order valence-corrected chi connectivity index (χ0v) is 5.66. The summed E-state index contributed by atoms with van der Waals surface area (Å²) < 4.78 is 0. The molecule has 0 fully saturated rings. The quantitative estimate of drug-likeness (QED) is 0.640. The predicted molar refractivity (Wildman–Crippen MR) is 35.0 cm³/mol. The molecular weight excluding hydrogens is 132 g/mol. The minimum absolute atomic E-state index is 0.177. The van der Waals surface area contributed by atoms with Crippen LogP contribution in [0.3, 0.4) is 0 Å². The zero-order valence-electron chi connectivity index (χ0n) is 5.66. The number of rotatable bonds is 3. The molecule has 0 spiro atoms. The van der Waals surface area contributed by atoms with Gasteiger partial charge in [0.2, 0.25) is 0 Å². The second-order valence-electron chi connectivity index (χ2n) is 2.36. The molecule has 0 aromatic heterocycles. The van der Waals surface area contributed by atoms with Crippen LogP contribution in [0.5, 0.6) is 0 Å². The van der Waals surface area contributed by atoms with Crippen molar-refractivity contribution in [1.82, 2.24) is 0 Å². The van der Waals surface area contributed by atoms with Crippen LogP contribution in [0.4, 0.5) is 0 Å². The van der Waals surface area contributed by atoms with Gasteiger partial charge in [-0.05, 0) is 12.8 Å². The fraction of sp³-hybridized carbons (Fsp3) is 0.833. The summed E-state index contributed by atoms with van der Waals surface area (Å²) in [6, 6.07) is 0.177. The Morgan fingerprint density at radius 1 is 1.70 bits per heavy atom. The van der Waals surface area contributed by atoms with Crippen LogP contribution in [0, 0.1) is 0 Å². The Morgan fingerprint density at radius 3 is 3.00 bits per heavy atom. The minimum Gasteiger partial charge on any atom is -0.481 e. The van der Waals surface area contributed by atoms with E-state index in [0.717, 1.165) is 13.0 Å². The molecule has 10 heavy (non-hydrogen) atoms. The number of carbonyl (C=O) groups is 1. The van der Waals surface area contributed by atoms with Gasteiger partial charge in [0.25, 0.3) is 0 Å². The van der Waals surface area contributed by atoms with E-state index >= 15 is 0 Å². The van der Waals surface area contributed by atoms with Gasteiger partial charge in [0.15, 0.2) is 0 Å². The predicted octanol–water partition coefficient (Wildman–Crippen LogP) is 1.08. The molecular formula is C6H10N2O2. The van der Waals surface area contributed by atoms with Crippen LogP contribution in [0.15, 0.2) is 10.2 Å². The number of carboxylic acids is 1. The first kappa shape index (κ1) is 7.18. The summed E-state index contributed by atoms with van der Waals surface area (Å²) in [5.41, 5.74) is 0. The third kappa shape index (κ3) is 2.13. The van der Waals surface area contributed by atoms with Crippen molar-refractivity contribution in [2.45, 2.75) is 25.3 Å². The monoisotopic (exact) mass is 142 g/mol. The molecule has 4 heteroatoms. The molecule has 0 aromatic rings. The van der Waals surface area contributed by atoms with Crippen LogP contribution in [0.1, 0.15) is 19.3 Å². The Labute approximate surface area is 59.0 Å². The van der Waals surface area contributed by atoms with Gasteiger partial charge in [0.1, 0.15) is 0 Å². The maximum atomic E-state index is 10.1. The molecule has 0 saturated carbocycles. The lowest BCUT2D eigenvalue weighted by atomic mass is 10.1. The molecule has 0 aromatic carbocycles. The molecule has 0 aliphatic carbocycles. The largest absolute Gasteiger partial charge is 0.481 e. The molecule has 0 bridgehead atoms. The summed E-state index contributed by atoms with van der Waals surface area (Å²) in [5.74, 6) is -0.748. The molecule has 0 saturated heterocycles. The van der Waals surface area contributed by atoms with E-state index in [1.54, 1.807) is 0 Å². The highest BCUT2D eigenvalue weighted by Crippen LogP contribution is 2.12. The zero-order chi connectivity index (χ0) is 7.40. The number of nitrogens with zero attached hydrogens (tertiary/aromatic N) is 2. The van der Waals surface area contributed by atoms with E-state index in [4.69, 9.17) is 5.11 Å². The van der Waals surface area contributed by atoms with Crippen molar-refractivity contribution in [3.8, 4) is 0 Å². The molecule has 1 N–H and O–H groups in total. The lowest BCUT2D eigenvalue weighted by Gasteiger charge is -1.99. The van der Waals surface area contributed by atoms with Crippen molar-refractivity contribution in [3.63, 3.8) is 0 Å². The molecule has 1 rings (SSSR count). The van der Waals surface area contributed by atoms with Gasteiger partial charge in [0.05, 0.1) is 12.6 Å². The Balaban J connectivity index is 2.13. The van der Waals surface area contributed by atoms with Gasteiger partial charge in [-0.2, -0.15) is 10.2 Å². The Kier molecular flexibility index (Phi) is 2.36. The third-order valence-corrected chi connectivity index (χ3v) is 1.50. The number of aliphatic carboxylic acids is 1. The fourth-order valence-electron chi connectivity index (χ4n) is 0.930. The van der Waals surface area contributed by atoms with Gasteiger partial charge in [-0.1, -0.05) is 0 Å². The van der Waals surface area contributed by atoms with E-state index in [2.05, 4.69) is 10.2 Å². The maximum Gasteiger partial charge on any atom is 0.303 e. The van der Waals surface area contributed by atoms with Gasteiger partial charge in [-0.25, -0.2) is 0 Å². The second-order valence-corrected chi connectivity index (χ2v) is 2.36. The Hall–Kier alpha value is -0.930. The molecule has 56 valence electrons. The van der Waals surface area contributed by atoms with E-state index in [0.29, 0.717) is 6.42 Å². The fourth-order valence-corrected chi connectivity index (χ4v) is 0.930. The van der Waals surface area contributed by atoms with Gasteiger partial charge in [-0.3, -0.25) is 4.79 Å². The summed E-state index contributed by atoms with van der Waals surface area (Å²) >= 11 is 0. The molecule has 1 aliphatic heterocycles. The van der Waals surface area contributed by atoms with Crippen molar-refractivity contribution < 1.29 is 9.90 Å². The standard InChI is InChI=1S/C6H10N2O2/c9-6(10)2-1-5-3-4-7-8-5/h5H,1-4H2,(H,9,10). The summed E-state index contributed by atoms with van der Waals surface area (Å²) in [4.78, 5) is 10.1. The summed E-state index contributed by atoms with van der Waals surface area (Å²) in [5, 5.41) is 15.9. The third-order valence-electron chi connectivity index (χ3n) is 1.50. The van der Waals surface area contributed by atoms with Crippen LogP contribution in [-0.2, 0) is 4.79 Å². The molecule has 4 nitrogen and oxygen atoms in total. The van der Waals surface area contributed by atoms with E-state index in [9.17, 15) is 4.79 Å². The number of azo groups is 1. The summed E-state index contributed by atoms with van der Waals surface area (Å²) in [6.07, 6.45) is 1.77. The van der Waals surface area contributed by atoms with E-state index in [1.165, 1.54) is 0 Å². The van der Waals surface area contributed by atoms with Crippen molar-refractivity contribution in [2.75, 3.05) is 6.54 Å². The lowest BCUT2D eigenvalue weighted by Crippen LogP contribution is -2.04. The average Bonchev–Trinajstić information content (AvgIpc) is 2.34. The van der Waals surface area contributed by atoms with Crippen molar-refractivity contribution in [3.05, 3.63) is 0 Å². The maximum absolute atomic E-state index is 10.1. The molecule has 1 unspecified atom stereocenters. The molecule has 0 radical (unpaired) electrons. The Bertz CT molecular complexity index is 156. The van der Waals surface area contributed by atoms with Gasteiger partial charge < -0.3 is 5.11 Å². The molecule has 1 atom stereocenters. The van der Waals surface area contributed by atoms with E-state index < -0.39 is 5.97 Å². The summed E-state index contributed by atoms with van der Waals surface area (Å²) in [6.45, 7) is 0.768. The van der Waals surface area contributed by atoms with Crippen LogP contribution >= 0.6 is 0 Å². The van der Waals surface area contributed by atoms with Gasteiger partial charge >= 0.3 is 5.97 Å². The lowest BCUT2D eigenvalue weighted by molar-refractivity contribution is -0.137. The number of hydrogen-bond donors (Lipinski definition) is 1. The molecule has 1 heterocycles. The van der Waals surface area contributed by atoms with Crippen LogP contribution in [0.2, 0.25) is 0 Å². The highest BCUT2D eigenvalue weighted by atomic mass is 16.4. The van der Waals surface area contributed by atoms with Crippen LogP contribution < -0.4 is 0 Å².